The number of nitrogens with one attached hydrogen (secondary N) is 1. The van der Waals surface area contributed by atoms with Gasteiger partial charge in [0, 0.05) is 24.2 Å². The first kappa shape index (κ1) is 16.1. The van der Waals surface area contributed by atoms with Crippen molar-refractivity contribution in [3.63, 3.8) is 0 Å². The second-order valence-electron chi connectivity index (χ2n) is 5.86. The van der Waals surface area contributed by atoms with E-state index in [-0.39, 0.29) is 25.1 Å². The number of carbonyl (C=O) groups is 1. The normalized spacial score (nSPS) is 15.6. The maximum absolute atomic E-state index is 12.3. The van der Waals surface area contributed by atoms with E-state index >= 15 is 0 Å². The molecule has 1 unspecified atom stereocenters. The van der Waals surface area contributed by atoms with Crippen molar-refractivity contribution >= 4 is 22.4 Å². The molecule has 1 aromatic carbocycles. The van der Waals surface area contributed by atoms with Gasteiger partial charge >= 0.3 is 0 Å². The van der Waals surface area contributed by atoms with Gasteiger partial charge < -0.3 is 10.4 Å². The minimum absolute atomic E-state index is 0.0391. The largest absolute Gasteiger partial charge is 0.395 e. The molecular weight excluding hydrogens is 310 g/mol. The number of hydrogen-bond acceptors (Lipinski definition) is 5. The standard InChI is InChI=1S/C17H21N3O2S/c21-12-15(14-6-7-14)20(10-13-4-2-1-3-5-13)11-16(22)19-17-18-8-9-23-17/h1-5,8-9,14-15,21H,6-7,10-12H2,(H,18,19,22). The summed E-state index contributed by atoms with van der Waals surface area (Å²) in [5, 5.41) is 15.0. The molecule has 6 heteroatoms. The molecule has 1 heterocycles. The molecule has 2 N–H and O–H groups in total. The molecule has 0 spiro atoms. The summed E-state index contributed by atoms with van der Waals surface area (Å²) < 4.78 is 0. The van der Waals surface area contributed by atoms with Crippen molar-refractivity contribution in [2.45, 2.75) is 25.4 Å². The summed E-state index contributed by atoms with van der Waals surface area (Å²) in [7, 11) is 0. The lowest BCUT2D eigenvalue weighted by Crippen LogP contribution is -2.43. The van der Waals surface area contributed by atoms with Gasteiger partial charge in [-0.3, -0.25) is 9.69 Å². The number of anilines is 1. The summed E-state index contributed by atoms with van der Waals surface area (Å²) in [6.07, 6.45) is 3.93. The van der Waals surface area contributed by atoms with Crippen LogP contribution in [0.2, 0.25) is 0 Å². The van der Waals surface area contributed by atoms with E-state index in [0.717, 1.165) is 18.4 Å². The third-order valence-electron chi connectivity index (χ3n) is 4.08. The molecule has 122 valence electrons. The van der Waals surface area contributed by atoms with Crippen LogP contribution in [0.15, 0.2) is 41.9 Å². The number of hydrogen-bond donors (Lipinski definition) is 2. The number of thiazole rings is 1. The molecule has 0 aliphatic heterocycles. The van der Waals surface area contributed by atoms with Gasteiger partial charge in [-0.05, 0) is 24.3 Å². The molecule has 23 heavy (non-hydrogen) atoms. The van der Waals surface area contributed by atoms with Crippen LogP contribution in [-0.4, -0.2) is 40.1 Å². The molecule has 1 saturated carbocycles. The van der Waals surface area contributed by atoms with Crippen molar-refractivity contribution in [2.75, 3.05) is 18.5 Å². The number of aromatic nitrogens is 1. The molecule has 1 fully saturated rings. The first-order valence-corrected chi connectivity index (χ1v) is 8.72. The van der Waals surface area contributed by atoms with Crippen LogP contribution in [0.25, 0.3) is 0 Å². The molecule has 1 amide bonds. The van der Waals surface area contributed by atoms with Crippen molar-refractivity contribution in [1.82, 2.24) is 9.88 Å². The van der Waals surface area contributed by atoms with Crippen LogP contribution in [0.3, 0.4) is 0 Å². The van der Waals surface area contributed by atoms with Crippen molar-refractivity contribution in [3.05, 3.63) is 47.5 Å². The fraction of sp³-hybridized carbons (Fsp3) is 0.412. The van der Waals surface area contributed by atoms with E-state index < -0.39 is 0 Å². The number of carbonyl (C=O) groups excluding carboxylic acids is 1. The van der Waals surface area contributed by atoms with Crippen LogP contribution < -0.4 is 5.32 Å². The third-order valence-corrected chi connectivity index (χ3v) is 4.76. The maximum Gasteiger partial charge on any atom is 0.240 e. The highest BCUT2D eigenvalue weighted by Crippen LogP contribution is 2.35. The van der Waals surface area contributed by atoms with Crippen molar-refractivity contribution in [1.29, 1.82) is 0 Å². The van der Waals surface area contributed by atoms with Crippen molar-refractivity contribution < 1.29 is 9.90 Å². The van der Waals surface area contributed by atoms with Crippen LogP contribution in [-0.2, 0) is 11.3 Å². The summed E-state index contributed by atoms with van der Waals surface area (Å²) in [6.45, 7) is 1.01. The third kappa shape index (κ3) is 4.60. The average molecular weight is 331 g/mol. The zero-order valence-corrected chi connectivity index (χ0v) is 13.7. The molecule has 1 atom stereocenters. The van der Waals surface area contributed by atoms with E-state index in [2.05, 4.69) is 15.2 Å². The molecule has 3 rings (SSSR count). The van der Waals surface area contributed by atoms with Gasteiger partial charge in [0.1, 0.15) is 0 Å². The fourth-order valence-corrected chi connectivity index (χ4v) is 3.33. The Hall–Kier alpha value is -1.76. The lowest BCUT2D eigenvalue weighted by atomic mass is 10.1. The Balaban J connectivity index is 1.67. The van der Waals surface area contributed by atoms with E-state index in [0.29, 0.717) is 17.6 Å². The molecule has 0 bridgehead atoms. The minimum atomic E-state index is -0.0880. The lowest BCUT2D eigenvalue weighted by Gasteiger charge is -2.30. The second kappa shape index (κ2) is 7.68. The summed E-state index contributed by atoms with van der Waals surface area (Å²) in [5.41, 5.74) is 1.15. The number of rotatable bonds is 8. The number of nitrogens with zero attached hydrogens (tertiary/aromatic N) is 2. The average Bonchev–Trinajstić information content (AvgIpc) is 3.25. The molecule has 5 nitrogen and oxygen atoms in total. The zero-order valence-electron chi connectivity index (χ0n) is 12.9. The number of aliphatic hydroxyl groups is 1. The Kier molecular flexibility index (Phi) is 5.38. The molecule has 0 saturated heterocycles. The molecular formula is C17H21N3O2S. The number of aliphatic hydroxyl groups excluding tert-OH is 1. The lowest BCUT2D eigenvalue weighted by molar-refractivity contribution is -0.118. The maximum atomic E-state index is 12.3. The Morgan fingerprint density at radius 3 is 2.78 bits per heavy atom. The van der Waals surface area contributed by atoms with E-state index in [9.17, 15) is 9.90 Å². The Bertz CT molecular complexity index is 614. The van der Waals surface area contributed by atoms with Gasteiger partial charge in [0.25, 0.3) is 0 Å². The molecule has 1 aliphatic carbocycles. The highest BCUT2D eigenvalue weighted by molar-refractivity contribution is 7.13. The topological polar surface area (TPSA) is 65.5 Å². The minimum Gasteiger partial charge on any atom is -0.395 e. The van der Waals surface area contributed by atoms with E-state index in [1.807, 2.05) is 35.7 Å². The van der Waals surface area contributed by atoms with Gasteiger partial charge in [0.05, 0.1) is 13.2 Å². The summed E-state index contributed by atoms with van der Waals surface area (Å²) in [5.74, 6) is 0.409. The van der Waals surface area contributed by atoms with Crippen LogP contribution in [0.1, 0.15) is 18.4 Å². The summed E-state index contributed by atoms with van der Waals surface area (Å²) >= 11 is 1.40. The molecule has 2 aromatic rings. The summed E-state index contributed by atoms with van der Waals surface area (Å²) in [4.78, 5) is 18.5. The van der Waals surface area contributed by atoms with Gasteiger partial charge in [0.2, 0.25) is 5.91 Å². The quantitative estimate of drug-likeness (QED) is 0.779. The highest BCUT2D eigenvalue weighted by Gasteiger charge is 2.35. The molecule has 1 aromatic heterocycles. The Morgan fingerprint density at radius 1 is 1.39 bits per heavy atom. The highest BCUT2D eigenvalue weighted by atomic mass is 32.1. The SMILES string of the molecule is O=C(CN(Cc1ccccc1)C(CO)C1CC1)Nc1nccs1. The van der Waals surface area contributed by atoms with E-state index in [1.165, 1.54) is 11.3 Å². The van der Waals surface area contributed by atoms with Gasteiger partial charge in [-0.2, -0.15) is 0 Å². The number of benzene rings is 1. The smallest absolute Gasteiger partial charge is 0.240 e. The monoisotopic (exact) mass is 331 g/mol. The van der Waals surface area contributed by atoms with Crippen molar-refractivity contribution in [2.24, 2.45) is 5.92 Å². The summed E-state index contributed by atoms with van der Waals surface area (Å²) in [6, 6.07) is 10.1. The Morgan fingerprint density at radius 2 is 2.17 bits per heavy atom. The second-order valence-corrected chi connectivity index (χ2v) is 6.76. The molecule has 0 radical (unpaired) electrons. The van der Waals surface area contributed by atoms with Gasteiger partial charge in [-0.15, -0.1) is 11.3 Å². The fourth-order valence-electron chi connectivity index (χ4n) is 2.78. The Labute approximate surface area is 140 Å². The molecule has 1 aliphatic rings. The zero-order chi connectivity index (χ0) is 16.1. The van der Waals surface area contributed by atoms with Crippen LogP contribution >= 0.6 is 11.3 Å². The predicted molar refractivity (Wildman–Crippen MR) is 91.2 cm³/mol. The van der Waals surface area contributed by atoms with E-state index in [1.54, 1.807) is 6.20 Å². The first-order valence-electron chi connectivity index (χ1n) is 7.84. The van der Waals surface area contributed by atoms with Gasteiger partial charge in [-0.1, -0.05) is 30.3 Å². The predicted octanol–water partition coefficient (Wildman–Crippen LogP) is 2.35. The number of amides is 1. The first-order chi connectivity index (χ1) is 11.3. The van der Waals surface area contributed by atoms with Crippen molar-refractivity contribution in [3.8, 4) is 0 Å². The van der Waals surface area contributed by atoms with Gasteiger partial charge in [0.15, 0.2) is 5.13 Å². The van der Waals surface area contributed by atoms with Crippen LogP contribution in [0, 0.1) is 5.92 Å². The van der Waals surface area contributed by atoms with Crippen LogP contribution in [0.5, 0.6) is 0 Å². The van der Waals surface area contributed by atoms with Crippen LogP contribution in [0.4, 0.5) is 5.13 Å². The van der Waals surface area contributed by atoms with E-state index in [4.69, 9.17) is 0 Å². The van der Waals surface area contributed by atoms with Gasteiger partial charge in [-0.25, -0.2) is 4.98 Å².